The van der Waals surface area contributed by atoms with Crippen LogP contribution < -0.4 is 10.2 Å². The Kier molecular flexibility index (Phi) is 5.75. The summed E-state index contributed by atoms with van der Waals surface area (Å²) in [5, 5.41) is 3.03. The summed E-state index contributed by atoms with van der Waals surface area (Å²) in [5.74, 6) is 0.0109. The lowest BCUT2D eigenvalue weighted by Gasteiger charge is -2.28. The highest BCUT2D eigenvalue weighted by molar-refractivity contribution is 5.94. The predicted octanol–water partition coefficient (Wildman–Crippen LogP) is 4.27. The van der Waals surface area contributed by atoms with Gasteiger partial charge in [-0.2, -0.15) is 0 Å². The number of aryl methyl sites for hydroxylation is 2. The molecular formula is C22H28N2O. The summed E-state index contributed by atoms with van der Waals surface area (Å²) in [4.78, 5) is 14.7. The smallest absolute Gasteiger partial charge is 0.251 e. The van der Waals surface area contributed by atoms with Crippen LogP contribution in [0.2, 0.25) is 0 Å². The second kappa shape index (κ2) is 8.19. The minimum atomic E-state index is 0.0109. The zero-order valence-corrected chi connectivity index (χ0v) is 15.3. The predicted molar refractivity (Wildman–Crippen MR) is 104 cm³/mol. The van der Waals surface area contributed by atoms with E-state index in [9.17, 15) is 4.79 Å². The molecule has 1 N–H and O–H groups in total. The normalized spacial score (nSPS) is 14.4. The van der Waals surface area contributed by atoms with Gasteiger partial charge in [-0.05, 0) is 69.4 Å². The Morgan fingerprint density at radius 2 is 1.60 bits per heavy atom. The Labute approximate surface area is 151 Å². The van der Waals surface area contributed by atoms with E-state index in [1.165, 1.54) is 43.6 Å². The second-order valence-electron chi connectivity index (χ2n) is 7.10. The van der Waals surface area contributed by atoms with Gasteiger partial charge in [0.25, 0.3) is 5.91 Å². The Morgan fingerprint density at radius 3 is 2.24 bits per heavy atom. The zero-order chi connectivity index (χ0) is 17.6. The molecular weight excluding hydrogens is 308 g/mol. The summed E-state index contributed by atoms with van der Waals surface area (Å²) in [5.41, 5.74) is 5.58. The maximum absolute atomic E-state index is 12.3. The molecule has 0 unspecified atom stereocenters. The fourth-order valence-electron chi connectivity index (χ4n) is 3.55. The number of rotatable bonds is 5. The lowest BCUT2D eigenvalue weighted by molar-refractivity contribution is 0.0954. The molecule has 2 aromatic carbocycles. The third kappa shape index (κ3) is 4.85. The molecule has 0 radical (unpaired) electrons. The number of benzene rings is 2. The summed E-state index contributed by atoms with van der Waals surface area (Å²) >= 11 is 0. The van der Waals surface area contributed by atoms with Crippen molar-refractivity contribution in [1.82, 2.24) is 5.32 Å². The minimum absolute atomic E-state index is 0.0109. The summed E-state index contributed by atoms with van der Waals surface area (Å²) < 4.78 is 0. The van der Waals surface area contributed by atoms with Gasteiger partial charge in [0.1, 0.15) is 0 Å². The first kappa shape index (κ1) is 17.5. The molecule has 0 saturated carbocycles. The highest BCUT2D eigenvalue weighted by atomic mass is 16.1. The quantitative estimate of drug-likeness (QED) is 0.884. The van der Waals surface area contributed by atoms with Crippen molar-refractivity contribution in [2.75, 3.05) is 24.5 Å². The average Bonchev–Trinajstić information content (AvgIpc) is 2.62. The molecule has 1 heterocycles. The van der Waals surface area contributed by atoms with Crippen molar-refractivity contribution < 1.29 is 4.79 Å². The molecule has 25 heavy (non-hydrogen) atoms. The van der Waals surface area contributed by atoms with Crippen molar-refractivity contribution in [1.29, 1.82) is 0 Å². The molecule has 3 rings (SSSR count). The van der Waals surface area contributed by atoms with Crippen molar-refractivity contribution in [3.8, 4) is 0 Å². The maximum Gasteiger partial charge on any atom is 0.251 e. The number of anilines is 1. The van der Waals surface area contributed by atoms with E-state index in [4.69, 9.17) is 0 Å². The third-order valence-corrected chi connectivity index (χ3v) is 4.84. The summed E-state index contributed by atoms with van der Waals surface area (Å²) in [6.07, 6.45) is 4.81. The van der Waals surface area contributed by atoms with E-state index in [-0.39, 0.29) is 5.91 Å². The van der Waals surface area contributed by atoms with E-state index < -0.39 is 0 Å². The molecule has 0 bridgehead atoms. The van der Waals surface area contributed by atoms with Crippen LogP contribution in [-0.4, -0.2) is 25.5 Å². The van der Waals surface area contributed by atoms with Crippen LogP contribution in [0.4, 0.5) is 5.69 Å². The fraction of sp³-hybridized carbons (Fsp3) is 0.409. The first-order valence-corrected chi connectivity index (χ1v) is 9.32. The number of hydrogen-bond donors (Lipinski definition) is 1. The Balaban J connectivity index is 1.50. The number of nitrogens with zero attached hydrogens (tertiary/aromatic N) is 1. The van der Waals surface area contributed by atoms with Crippen LogP contribution in [0.1, 0.15) is 46.3 Å². The van der Waals surface area contributed by atoms with Crippen molar-refractivity contribution in [2.45, 2.75) is 39.5 Å². The van der Waals surface area contributed by atoms with Crippen LogP contribution in [0.25, 0.3) is 0 Å². The number of hydrogen-bond acceptors (Lipinski definition) is 2. The molecule has 1 aliphatic heterocycles. The number of amides is 1. The van der Waals surface area contributed by atoms with Crippen molar-refractivity contribution in [3.63, 3.8) is 0 Å². The molecule has 1 fully saturated rings. The fourth-order valence-corrected chi connectivity index (χ4v) is 3.55. The maximum atomic E-state index is 12.3. The highest BCUT2D eigenvalue weighted by Gasteiger charge is 2.10. The van der Waals surface area contributed by atoms with Crippen LogP contribution in [0.15, 0.2) is 42.5 Å². The van der Waals surface area contributed by atoms with Gasteiger partial charge in [-0.25, -0.2) is 0 Å². The van der Waals surface area contributed by atoms with Crippen LogP contribution in [0, 0.1) is 13.8 Å². The van der Waals surface area contributed by atoms with E-state index >= 15 is 0 Å². The number of piperidine rings is 1. The Hall–Kier alpha value is -2.29. The van der Waals surface area contributed by atoms with Gasteiger partial charge in [0.05, 0.1) is 0 Å². The SMILES string of the molecule is Cc1cc(C)cc(C(=O)NCCc2ccc(N3CCCCC3)cc2)c1. The summed E-state index contributed by atoms with van der Waals surface area (Å²) in [6, 6.07) is 14.8. The minimum Gasteiger partial charge on any atom is -0.372 e. The van der Waals surface area contributed by atoms with Crippen LogP contribution in [-0.2, 0) is 6.42 Å². The molecule has 0 atom stereocenters. The number of carbonyl (C=O) groups is 1. The molecule has 0 spiro atoms. The first-order chi connectivity index (χ1) is 12.1. The average molecular weight is 336 g/mol. The molecule has 1 aliphatic rings. The summed E-state index contributed by atoms with van der Waals surface area (Å²) in [6.45, 7) is 7.05. The van der Waals surface area contributed by atoms with Gasteiger partial charge in [-0.1, -0.05) is 29.3 Å². The molecule has 132 valence electrons. The highest BCUT2D eigenvalue weighted by Crippen LogP contribution is 2.20. The van der Waals surface area contributed by atoms with Gasteiger partial charge in [-0.3, -0.25) is 4.79 Å². The van der Waals surface area contributed by atoms with E-state index in [2.05, 4.69) is 40.5 Å². The van der Waals surface area contributed by atoms with Gasteiger partial charge in [0.2, 0.25) is 0 Å². The van der Waals surface area contributed by atoms with Crippen molar-refractivity contribution in [2.24, 2.45) is 0 Å². The van der Waals surface area contributed by atoms with Gasteiger partial charge in [0, 0.05) is 30.9 Å². The van der Waals surface area contributed by atoms with Gasteiger partial charge in [0.15, 0.2) is 0 Å². The molecule has 3 nitrogen and oxygen atoms in total. The van der Waals surface area contributed by atoms with E-state index in [1.54, 1.807) is 0 Å². The van der Waals surface area contributed by atoms with Crippen LogP contribution >= 0.6 is 0 Å². The largest absolute Gasteiger partial charge is 0.372 e. The van der Waals surface area contributed by atoms with Crippen LogP contribution in [0.3, 0.4) is 0 Å². The second-order valence-corrected chi connectivity index (χ2v) is 7.10. The van der Waals surface area contributed by atoms with Crippen molar-refractivity contribution in [3.05, 3.63) is 64.7 Å². The Morgan fingerprint density at radius 1 is 0.960 bits per heavy atom. The number of carbonyl (C=O) groups excluding carboxylic acids is 1. The molecule has 0 aromatic heterocycles. The van der Waals surface area contributed by atoms with Gasteiger partial charge < -0.3 is 10.2 Å². The molecule has 0 aliphatic carbocycles. The number of nitrogens with one attached hydrogen (secondary N) is 1. The van der Waals surface area contributed by atoms with Crippen LogP contribution in [0.5, 0.6) is 0 Å². The summed E-state index contributed by atoms with van der Waals surface area (Å²) in [7, 11) is 0. The monoisotopic (exact) mass is 336 g/mol. The van der Waals surface area contributed by atoms with E-state index in [1.807, 2.05) is 26.0 Å². The molecule has 2 aromatic rings. The van der Waals surface area contributed by atoms with Gasteiger partial charge >= 0.3 is 0 Å². The van der Waals surface area contributed by atoms with E-state index in [0.29, 0.717) is 6.54 Å². The lowest BCUT2D eigenvalue weighted by Crippen LogP contribution is -2.29. The molecule has 1 amide bonds. The third-order valence-electron chi connectivity index (χ3n) is 4.84. The molecule has 1 saturated heterocycles. The zero-order valence-electron chi connectivity index (χ0n) is 15.3. The topological polar surface area (TPSA) is 32.3 Å². The Bertz CT molecular complexity index is 695. The van der Waals surface area contributed by atoms with Crippen molar-refractivity contribution >= 4 is 11.6 Å². The first-order valence-electron chi connectivity index (χ1n) is 9.32. The molecule has 3 heteroatoms. The van der Waals surface area contributed by atoms with Gasteiger partial charge in [-0.15, -0.1) is 0 Å². The van der Waals surface area contributed by atoms with E-state index in [0.717, 1.165) is 23.1 Å². The standard InChI is InChI=1S/C22H28N2O/c1-17-14-18(2)16-20(15-17)22(25)23-11-10-19-6-8-21(9-7-19)24-12-4-3-5-13-24/h6-9,14-16H,3-5,10-13H2,1-2H3,(H,23,25). The lowest BCUT2D eigenvalue weighted by atomic mass is 10.1.